The van der Waals surface area contributed by atoms with Crippen LogP contribution >= 0.6 is 0 Å². The lowest BCUT2D eigenvalue weighted by Gasteiger charge is -2.14. The number of hydrogen-bond acceptors (Lipinski definition) is 3. The maximum absolute atomic E-state index is 5.32. The average Bonchev–Trinajstić information content (AvgIpc) is 2.46. The van der Waals surface area contributed by atoms with Crippen LogP contribution in [0.5, 0.6) is 0 Å². The highest BCUT2D eigenvalue weighted by molar-refractivity contribution is 4.56. The van der Waals surface area contributed by atoms with E-state index in [1.165, 1.54) is 51.4 Å². The molecule has 0 radical (unpaired) electrons. The van der Waals surface area contributed by atoms with E-state index in [4.69, 9.17) is 14.8 Å². The Kier molecular flexibility index (Phi) is 16.8. The van der Waals surface area contributed by atoms with Crippen molar-refractivity contribution in [3.63, 3.8) is 0 Å². The molecule has 3 heteroatoms. The predicted octanol–water partition coefficient (Wildman–Crippen LogP) is 5.98. The summed E-state index contributed by atoms with van der Waals surface area (Å²) in [6.45, 7) is 7.08. The fourth-order valence-corrected chi connectivity index (χ4v) is 2.27. The minimum Gasteiger partial charge on any atom is -0.206 e. The van der Waals surface area contributed by atoms with Crippen LogP contribution in [0.25, 0.3) is 0 Å². The minimum absolute atomic E-state index is 0.192. The van der Waals surface area contributed by atoms with Crippen LogP contribution in [0.1, 0.15) is 97.8 Å². The van der Waals surface area contributed by atoms with E-state index < -0.39 is 0 Å². The standard InChI is InChI=1S/C17H36O3/c1-4-7-8-9-10-11-12-13-15-17(14-5-2)19-20-18-16-6-3/h17H,4-16H2,1-3H3. The third kappa shape index (κ3) is 14.3. The molecule has 0 saturated heterocycles. The molecular weight excluding hydrogens is 252 g/mol. The van der Waals surface area contributed by atoms with E-state index in [2.05, 4.69) is 13.8 Å². The fraction of sp³-hybridized carbons (Fsp3) is 1.00. The van der Waals surface area contributed by atoms with Gasteiger partial charge in [0.1, 0.15) is 0 Å². The van der Waals surface area contributed by atoms with E-state index >= 15 is 0 Å². The van der Waals surface area contributed by atoms with E-state index in [1.54, 1.807) is 0 Å². The molecule has 1 atom stereocenters. The van der Waals surface area contributed by atoms with Crippen LogP contribution in [0.15, 0.2) is 0 Å². The Morgan fingerprint density at radius 3 is 1.90 bits per heavy atom. The first kappa shape index (κ1) is 19.9. The van der Waals surface area contributed by atoms with Gasteiger partial charge < -0.3 is 0 Å². The van der Waals surface area contributed by atoms with E-state index in [0.717, 1.165) is 25.7 Å². The molecule has 3 nitrogen and oxygen atoms in total. The highest BCUT2D eigenvalue weighted by Gasteiger charge is 2.09. The molecular formula is C17H36O3. The fourth-order valence-electron chi connectivity index (χ4n) is 2.27. The molecule has 0 rings (SSSR count). The lowest BCUT2D eigenvalue weighted by molar-refractivity contribution is -0.527. The van der Waals surface area contributed by atoms with Crippen molar-refractivity contribution in [2.45, 2.75) is 104 Å². The van der Waals surface area contributed by atoms with Gasteiger partial charge in [-0.2, -0.15) is 0 Å². The normalized spacial score (nSPS) is 12.8. The zero-order valence-electron chi connectivity index (χ0n) is 14.0. The third-order valence-corrected chi connectivity index (χ3v) is 3.50. The average molecular weight is 288 g/mol. The maximum Gasteiger partial charge on any atom is 0.0961 e. The highest BCUT2D eigenvalue weighted by atomic mass is 17.5. The molecule has 0 heterocycles. The van der Waals surface area contributed by atoms with E-state index in [9.17, 15) is 0 Å². The van der Waals surface area contributed by atoms with Crippen LogP contribution < -0.4 is 0 Å². The SMILES string of the molecule is CCCCCCCCCCC(CCC)OOOCCC. The lowest BCUT2D eigenvalue weighted by atomic mass is 10.0. The van der Waals surface area contributed by atoms with Gasteiger partial charge in [-0.15, -0.1) is 0 Å². The van der Waals surface area contributed by atoms with Crippen LogP contribution in [-0.2, 0) is 14.8 Å². The molecule has 0 aliphatic carbocycles. The zero-order valence-corrected chi connectivity index (χ0v) is 14.0. The van der Waals surface area contributed by atoms with Gasteiger partial charge in [-0.3, -0.25) is 0 Å². The maximum atomic E-state index is 5.32. The summed E-state index contributed by atoms with van der Waals surface area (Å²) in [4.78, 5) is 10.2. The summed E-state index contributed by atoms with van der Waals surface area (Å²) in [7, 11) is 0. The van der Waals surface area contributed by atoms with Gasteiger partial charge in [-0.05, 0) is 19.3 Å². The molecule has 0 aromatic carbocycles. The van der Waals surface area contributed by atoms with Gasteiger partial charge >= 0.3 is 0 Å². The Balaban J connectivity index is 3.40. The summed E-state index contributed by atoms with van der Waals surface area (Å²) in [6.07, 6.45) is 15.2. The van der Waals surface area contributed by atoms with Crippen molar-refractivity contribution in [2.75, 3.05) is 6.61 Å². The van der Waals surface area contributed by atoms with E-state index in [-0.39, 0.29) is 6.10 Å². The van der Waals surface area contributed by atoms with Crippen LogP contribution in [0.2, 0.25) is 0 Å². The van der Waals surface area contributed by atoms with Crippen molar-refractivity contribution in [3.05, 3.63) is 0 Å². The Hall–Kier alpha value is -0.120. The van der Waals surface area contributed by atoms with Crippen molar-refractivity contribution < 1.29 is 14.8 Å². The smallest absolute Gasteiger partial charge is 0.0961 e. The van der Waals surface area contributed by atoms with Gasteiger partial charge in [0, 0.05) is 0 Å². The molecule has 20 heavy (non-hydrogen) atoms. The van der Waals surface area contributed by atoms with Crippen molar-refractivity contribution >= 4 is 0 Å². The van der Waals surface area contributed by atoms with Crippen LogP contribution in [0.3, 0.4) is 0 Å². The van der Waals surface area contributed by atoms with Crippen LogP contribution in [0.4, 0.5) is 0 Å². The zero-order chi connectivity index (χ0) is 14.9. The summed E-state index contributed by atoms with van der Waals surface area (Å²) in [6, 6.07) is 0. The Morgan fingerprint density at radius 2 is 1.30 bits per heavy atom. The molecule has 0 aromatic rings. The molecule has 0 amide bonds. The Bertz CT molecular complexity index is 174. The Labute approximate surface area is 126 Å². The molecule has 0 saturated carbocycles. The predicted molar refractivity (Wildman–Crippen MR) is 84.3 cm³/mol. The first-order valence-electron chi connectivity index (χ1n) is 8.80. The van der Waals surface area contributed by atoms with E-state index in [1.807, 2.05) is 6.92 Å². The molecule has 0 aromatic heterocycles. The first-order valence-corrected chi connectivity index (χ1v) is 8.80. The van der Waals surface area contributed by atoms with Crippen molar-refractivity contribution in [2.24, 2.45) is 0 Å². The molecule has 0 spiro atoms. The van der Waals surface area contributed by atoms with Gasteiger partial charge in [-0.1, -0.05) is 83.6 Å². The summed E-state index contributed by atoms with van der Waals surface area (Å²) in [5.41, 5.74) is 0. The lowest BCUT2D eigenvalue weighted by Crippen LogP contribution is -2.13. The highest BCUT2D eigenvalue weighted by Crippen LogP contribution is 2.15. The van der Waals surface area contributed by atoms with Crippen molar-refractivity contribution in [3.8, 4) is 0 Å². The minimum atomic E-state index is 0.192. The van der Waals surface area contributed by atoms with Crippen LogP contribution in [-0.4, -0.2) is 12.7 Å². The second-order valence-electron chi connectivity index (χ2n) is 5.66. The quantitative estimate of drug-likeness (QED) is 0.199. The second-order valence-corrected chi connectivity index (χ2v) is 5.66. The van der Waals surface area contributed by atoms with Crippen molar-refractivity contribution in [1.29, 1.82) is 0 Å². The molecule has 0 aliphatic heterocycles. The van der Waals surface area contributed by atoms with Gasteiger partial charge in [0.25, 0.3) is 0 Å². The molecule has 0 aliphatic rings. The monoisotopic (exact) mass is 288 g/mol. The van der Waals surface area contributed by atoms with Crippen LogP contribution in [0, 0.1) is 0 Å². The Morgan fingerprint density at radius 1 is 0.650 bits per heavy atom. The largest absolute Gasteiger partial charge is 0.206 e. The van der Waals surface area contributed by atoms with Gasteiger partial charge in [0.05, 0.1) is 12.7 Å². The van der Waals surface area contributed by atoms with Gasteiger partial charge in [0.15, 0.2) is 0 Å². The van der Waals surface area contributed by atoms with Gasteiger partial charge in [0.2, 0.25) is 0 Å². The molecule has 0 fully saturated rings. The summed E-state index contributed by atoms with van der Waals surface area (Å²) in [5, 5.41) is 4.81. The number of hydrogen-bond donors (Lipinski definition) is 0. The number of rotatable bonds is 16. The molecule has 0 bridgehead atoms. The van der Waals surface area contributed by atoms with Gasteiger partial charge in [-0.25, -0.2) is 9.78 Å². The molecule has 1 unspecified atom stereocenters. The van der Waals surface area contributed by atoms with E-state index in [0.29, 0.717) is 6.61 Å². The summed E-state index contributed by atoms with van der Waals surface area (Å²) >= 11 is 0. The second kappa shape index (κ2) is 16.9. The molecule has 0 N–H and O–H groups in total. The summed E-state index contributed by atoms with van der Waals surface area (Å²) in [5.74, 6) is 0. The third-order valence-electron chi connectivity index (χ3n) is 3.50. The molecule has 122 valence electrons. The van der Waals surface area contributed by atoms with Crippen molar-refractivity contribution in [1.82, 2.24) is 0 Å². The number of unbranched alkanes of at least 4 members (excludes halogenated alkanes) is 7. The topological polar surface area (TPSA) is 27.7 Å². The summed E-state index contributed by atoms with van der Waals surface area (Å²) < 4.78 is 0. The first-order chi connectivity index (χ1) is 9.85.